The van der Waals surface area contributed by atoms with Crippen LogP contribution >= 0.6 is 0 Å². The Morgan fingerprint density at radius 3 is 2.50 bits per heavy atom. The van der Waals surface area contributed by atoms with E-state index in [1.54, 1.807) is 19.0 Å². The van der Waals surface area contributed by atoms with Crippen LogP contribution in [0, 0.1) is 5.92 Å². The quantitative estimate of drug-likeness (QED) is 0.833. The molecule has 0 aromatic heterocycles. The maximum Gasteiger partial charge on any atom is 0.329 e. The summed E-state index contributed by atoms with van der Waals surface area (Å²) in [7, 11) is 3.35. The first-order chi connectivity index (χ1) is 12.2. The van der Waals surface area contributed by atoms with Crippen molar-refractivity contribution in [2.75, 3.05) is 27.2 Å². The third kappa shape index (κ3) is 4.74. The van der Waals surface area contributed by atoms with Crippen LogP contribution in [0.4, 0.5) is 4.79 Å². The molecule has 0 radical (unpaired) electrons. The van der Waals surface area contributed by atoms with Gasteiger partial charge in [-0.15, -0.1) is 0 Å². The fraction of sp³-hybridized carbons (Fsp3) is 0.526. The van der Waals surface area contributed by atoms with Gasteiger partial charge in [-0.25, -0.2) is 9.59 Å². The van der Waals surface area contributed by atoms with Gasteiger partial charge < -0.3 is 20.2 Å². The molecule has 1 aliphatic heterocycles. The number of carbonyl (C=O) groups is 3. The Kier molecular flexibility index (Phi) is 6.23. The van der Waals surface area contributed by atoms with Crippen molar-refractivity contribution in [3.63, 3.8) is 0 Å². The summed E-state index contributed by atoms with van der Waals surface area (Å²) in [5.41, 5.74) is -0.558. The van der Waals surface area contributed by atoms with Crippen LogP contribution in [0.25, 0.3) is 0 Å². The Morgan fingerprint density at radius 2 is 1.92 bits per heavy atom. The molecular weight excluding hydrogens is 334 g/mol. The highest BCUT2D eigenvalue weighted by atomic mass is 16.4. The molecule has 26 heavy (non-hydrogen) atoms. The number of carboxylic acids is 1. The molecule has 1 saturated heterocycles. The summed E-state index contributed by atoms with van der Waals surface area (Å²) >= 11 is 0. The summed E-state index contributed by atoms with van der Waals surface area (Å²) in [4.78, 5) is 39.8. The normalized spacial score (nSPS) is 19.3. The van der Waals surface area contributed by atoms with E-state index in [9.17, 15) is 19.5 Å². The Bertz CT molecular complexity index is 662. The van der Waals surface area contributed by atoms with Crippen LogP contribution in [0.2, 0.25) is 0 Å². The number of likely N-dealkylation sites (tertiary alicyclic amines) is 1. The standard InChI is InChI=1S/C19H27N3O4/c1-19(17(24)25,12-14-8-5-4-6-9-14)20-16(23)15-10-7-11-22(13-15)18(26)21(2)3/h4-6,8-9,15H,7,10-13H2,1-3H3,(H,20,23)(H,24,25)/t15-,19-/m0/s1. The van der Waals surface area contributed by atoms with Gasteiger partial charge in [0.05, 0.1) is 5.92 Å². The number of nitrogens with zero attached hydrogens (tertiary/aromatic N) is 2. The summed E-state index contributed by atoms with van der Waals surface area (Å²) in [6.07, 6.45) is 1.56. The van der Waals surface area contributed by atoms with Crippen molar-refractivity contribution in [1.29, 1.82) is 0 Å². The molecule has 2 atom stereocenters. The van der Waals surface area contributed by atoms with Crippen LogP contribution in [-0.4, -0.2) is 65.5 Å². The average Bonchev–Trinajstić information content (AvgIpc) is 2.61. The second-order valence-electron chi connectivity index (χ2n) is 7.25. The van der Waals surface area contributed by atoms with Gasteiger partial charge in [-0.2, -0.15) is 0 Å². The summed E-state index contributed by atoms with van der Waals surface area (Å²) in [6, 6.07) is 9.08. The van der Waals surface area contributed by atoms with Gasteiger partial charge in [-0.3, -0.25) is 4.79 Å². The fourth-order valence-corrected chi connectivity index (χ4v) is 3.20. The molecule has 142 valence electrons. The average molecular weight is 361 g/mol. The minimum absolute atomic E-state index is 0.132. The molecule has 3 amide bonds. The molecule has 1 fully saturated rings. The van der Waals surface area contributed by atoms with E-state index >= 15 is 0 Å². The molecule has 0 spiro atoms. The number of aliphatic carboxylic acids is 1. The molecule has 1 aromatic rings. The van der Waals surface area contributed by atoms with Crippen LogP contribution in [0.1, 0.15) is 25.3 Å². The van der Waals surface area contributed by atoms with E-state index in [0.29, 0.717) is 19.5 Å². The Balaban J connectivity index is 2.07. The Labute approximate surface area is 154 Å². The Hall–Kier alpha value is -2.57. The zero-order chi connectivity index (χ0) is 19.3. The number of benzene rings is 1. The van der Waals surface area contributed by atoms with Gasteiger partial charge in [0, 0.05) is 33.6 Å². The molecule has 1 aliphatic rings. The van der Waals surface area contributed by atoms with Crippen LogP contribution in [0.3, 0.4) is 0 Å². The smallest absolute Gasteiger partial charge is 0.329 e. The summed E-state index contributed by atoms with van der Waals surface area (Å²) in [5.74, 6) is -1.80. The topological polar surface area (TPSA) is 90.0 Å². The van der Waals surface area contributed by atoms with Crippen molar-refractivity contribution in [1.82, 2.24) is 15.1 Å². The van der Waals surface area contributed by atoms with Crippen molar-refractivity contribution in [2.24, 2.45) is 5.92 Å². The van der Waals surface area contributed by atoms with Crippen molar-refractivity contribution < 1.29 is 19.5 Å². The molecule has 1 heterocycles. The zero-order valence-electron chi connectivity index (χ0n) is 15.6. The van der Waals surface area contributed by atoms with E-state index in [0.717, 1.165) is 12.0 Å². The van der Waals surface area contributed by atoms with E-state index in [2.05, 4.69) is 5.32 Å². The third-order valence-electron chi connectivity index (χ3n) is 4.72. The first kappa shape index (κ1) is 19.8. The second-order valence-corrected chi connectivity index (χ2v) is 7.25. The molecule has 0 saturated carbocycles. The van der Waals surface area contributed by atoms with Crippen molar-refractivity contribution >= 4 is 17.9 Å². The minimum Gasteiger partial charge on any atom is -0.480 e. The molecule has 1 aromatic carbocycles. The number of amides is 3. The van der Waals surface area contributed by atoms with Crippen molar-refractivity contribution in [2.45, 2.75) is 31.7 Å². The first-order valence-electron chi connectivity index (χ1n) is 8.78. The van der Waals surface area contributed by atoms with Crippen LogP contribution in [0.15, 0.2) is 30.3 Å². The van der Waals surface area contributed by atoms with E-state index in [-0.39, 0.29) is 18.4 Å². The van der Waals surface area contributed by atoms with E-state index in [4.69, 9.17) is 0 Å². The summed E-state index contributed by atoms with van der Waals surface area (Å²) in [6.45, 7) is 2.44. The van der Waals surface area contributed by atoms with E-state index in [1.807, 2.05) is 30.3 Å². The predicted octanol–water partition coefficient (Wildman–Crippen LogP) is 1.58. The number of hydrogen-bond acceptors (Lipinski definition) is 3. The van der Waals surface area contributed by atoms with Crippen LogP contribution in [-0.2, 0) is 16.0 Å². The van der Waals surface area contributed by atoms with E-state index in [1.165, 1.54) is 11.8 Å². The van der Waals surface area contributed by atoms with Gasteiger partial charge in [0.1, 0.15) is 5.54 Å². The lowest BCUT2D eigenvalue weighted by molar-refractivity contribution is -0.147. The molecule has 0 aliphatic carbocycles. The molecule has 7 nitrogen and oxygen atoms in total. The maximum absolute atomic E-state index is 12.7. The van der Waals surface area contributed by atoms with Gasteiger partial charge in [0.2, 0.25) is 5.91 Å². The molecule has 0 unspecified atom stereocenters. The maximum atomic E-state index is 12.7. The minimum atomic E-state index is -1.40. The number of urea groups is 1. The highest BCUT2D eigenvalue weighted by molar-refractivity contribution is 5.88. The molecule has 2 rings (SSSR count). The zero-order valence-corrected chi connectivity index (χ0v) is 15.6. The van der Waals surface area contributed by atoms with E-state index < -0.39 is 17.4 Å². The lowest BCUT2D eigenvalue weighted by Gasteiger charge is -2.35. The first-order valence-corrected chi connectivity index (χ1v) is 8.78. The fourth-order valence-electron chi connectivity index (χ4n) is 3.20. The van der Waals surface area contributed by atoms with Gasteiger partial charge in [-0.05, 0) is 25.3 Å². The molecular formula is C19H27N3O4. The lowest BCUT2D eigenvalue weighted by Crippen LogP contribution is -2.57. The monoisotopic (exact) mass is 361 g/mol. The number of nitrogens with one attached hydrogen (secondary N) is 1. The Morgan fingerprint density at radius 1 is 1.27 bits per heavy atom. The lowest BCUT2D eigenvalue weighted by atomic mass is 9.90. The third-order valence-corrected chi connectivity index (χ3v) is 4.72. The number of rotatable bonds is 5. The molecule has 7 heteroatoms. The van der Waals surface area contributed by atoms with Crippen molar-refractivity contribution in [3.8, 4) is 0 Å². The molecule has 0 bridgehead atoms. The van der Waals surface area contributed by atoms with Gasteiger partial charge in [-0.1, -0.05) is 30.3 Å². The highest BCUT2D eigenvalue weighted by Crippen LogP contribution is 2.20. The van der Waals surface area contributed by atoms with Crippen LogP contribution in [0.5, 0.6) is 0 Å². The number of carboxylic acid groups (broad SMARTS) is 1. The SMILES string of the molecule is CN(C)C(=O)N1CCC[C@H](C(=O)N[C@@](C)(Cc2ccccc2)C(=O)O)C1. The van der Waals surface area contributed by atoms with Crippen molar-refractivity contribution in [3.05, 3.63) is 35.9 Å². The second kappa shape index (κ2) is 8.21. The van der Waals surface area contributed by atoms with Crippen LogP contribution < -0.4 is 5.32 Å². The summed E-state index contributed by atoms with van der Waals surface area (Å²) < 4.78 is 0. The number of carbonyl (C=O) groups excluding carboxylic acids is 2. The molecule has 2 N–H and O–H groups in total. The largest absolute Gasteiger partial charge is 0.480 e. The number of hydrogen-bond donors (Lipinski definition) is 2. The van der Waals surface area contributed by atoms with Gasteiger partial charge in [0.25, 0.3) is 0 Å². The summed E-state index contributed by atoms with van der Waals surface area (Å²) in [5, 5.41) is 12.4. The van der Waals surface area contributed by atoms with Gasteiger partial charge >= 0.3 is 12.0 Å². The van der Waals surface area contributed by atoms with Gasteiger partial charge in [0.15, 0.2) is 0 Å². The number of piperidine rings is 1. The predicted molar refractivity (Wildman–Crippen MR) is 97.7 cm³/mol. The highest BCUT2D eigenvalue weighted by Gasteiger charge is 2.38.